The van der Waals surface area contributed by atoms with Gasteiger partial charge in [-0.05, 0) is 56.6 Å². The zero-order valence-corrected chi connectivity index (χ0v) is 20.0. The molecule has 8 heteroatoms. The average Bonchev–Trinajstić information content (AvgIpc) is 2.70. The lowest BCUT2D eigenvalue weighted by atomic mass is 9.69. The van der Waals surface area contributed by atoms with Gasteiger partial charge in [0.05, 0.1) is 18.5 Å². The molecule has 3 atom stereocenters. The molecule has 31 heavy (non-hydrogen) atoms. The van der Waals surface area contributed by atoms with Crippen molar-refractivity contribution in [3.63, 3.8) is 0 Å². The summed E-state index contributed by atoms with van der Waals surface area (Å²) >= 11 is 0. The number of nitrogens with one attached hydrogen (secondary N) is 1. The Bertz CT molecular complexity index is 940. The van der Waals surface area contributed by atoms with Crippen molar-refractivity contribution in [1.82, 2.24) is 9.62 Å². The summed E-state index contributed by atoms with van der Waals surface area (Å²) in [4.78, 5) is 2.04. The maximum absolute atomic E-state index is 12.7. The van der Waals surface area contributed by atoms with Crippen LogP contribution in [-0.2, 0) is 21.4 Å². The summed E-state index contributed by atoms with van der Waals surface area (Å²) in [6.07, 6.45) is 1.63. The van der Waals surface area contributed by atoms with E-state index in [1.807, 2.05) is 73.6 Å². The fraction of sp³-hybridized carbons (Fsp3) is 0.478. The average molecular weight is 469 g/mol. The van der Waals surface area contributed by atoms with Gasteiger partial charge in [0.2, 0.25) is 10.0 Å². The van der Waals surface area contributed by atoms with E-state index in [1.165, 1.54) is 0 Å². The summed E-state index contributed by atoms with van der Waals surface area (Å²) in [6, 6.07) is 16.5. The molecule has 0 radical (unpaired) electrons. The first-order valence-corrected chi connectivity index (χ1v) is 11.9. The van der Waals surface area contributed by atoms with Gasteiger partial charge in [0.15, 0.2) is 0 Å². The number of methoxy groups -OCH3 is 1. The number of aliphatic hydroxyl groups is 1. The molecule has 0 aromatic heterocycles. The summed E-state index contributed by atoms with van der Waals surface area (Å²) in [5.41, 5.74) is 0.554. The van der Waals surface area contributed by atoms with E-state index in [4.69, 9.17) is 4.74 Å². The molecule has 0 saturated heterocycles. The van der Waals surface area contributed by atoms with Crippen molar-refractivity contribution in [2.24, 2.45) is 5.92 Å². The third kappa shape index (κ3) is 6.67. The van der Waals surface area contributed by atoms with Crippen LogP contribution in [0.5, 0.6) is 5.75 Å². The molecule has 172 valence electrons. The number of sulfonamides is 1. The van der Waals surface area contributed by atoms with Crippen LogP contribution in [0.2, 0.25) is 0 Å². The fourth-order valence-electron chi connectivity index (χ4n) is 4.39. The Labute approximate surface area is 192 Å². The monoisotopic (exact) mass is 468 g/mol. The van der Waals surface area contributed by atoms with Gasteiger partial charge in [0.25, 0.3) is 0 Å². The zero-order valence-electron chi connectivity index (χ0n) is 18.3. The SMILES string of the molecule is COc1cccc(C2(O)CCC(NS(=O)(=O)Cc3ccccc3)CC2CN(C)C)c1.Cl. The van der Waals surface area contributed by atoms with Crippen LogP contribution in [0.1, 0.15) is 30.4 Å². The lowest BCUT2D eigenvalue weighted by Gasteiger charge is -2.44. The number of hydrogen-bond acceptors (Lipinski definition) is 5. The van der Waals surface area contributed by atoms with Gasteiger partial charge in [-0.15, -0.1) is 12.4 Å². The number of hydrogen-bond donors (Lipinski definition) is 2. The van der Waals surface area contributed by atoms with Gasteiger partial charge in [-0.3, -0.25) is 0 Å². The van der Waals surface area contributed by atoms with Gasteiger partial charge in [-0.1, -0.05) is 42.5 Å². The van der Waals surface area contributed by atoms with Crippen LogP contribution in [0.15, 0.2) is 54.6 Å². The normalized spacial score (nSPS) is 23.9. The third-order valence-corrected chi connectivity index (χ3v) is 7.23. The Balaban J connectivity index is 0.00000341. The van der Waals surface area contributed by atoms with Gasteiger partial charge in [0.1, 0.15) is 5.75 Å². The fourth-order valence-corrected chi connectivity index (χ4v) is 5.83. The van der Waals surface area contributed by atoms with E-state index in [0.717, 1.165) is 11.1 Å². The van der Waals surface area contributed by atoms with Gasteiger partial charge in [0, 0.05) is 18.5 Å². The minimum absolute atomic E-state index is 0. The first-order valence-electron chi connectivity index (χ1n) is 10.3. The molecule has 2 aromatic carbocycles. The van der Waals surface area contributed by atoms with Gasteiger partial charge in [-0.2, -0.15) is 0 Å². The Morgan fingerprint density at radius 1 is 1.16 bits per heavy atom. The third-order valence-electron chi connectivity index (χ3n) is 5.82. The van der Waals surface area contributed by atoms with E-state index >= 15 is 0 Å². The molecule has 0 amide bonds. The molecule has 1 saturated carbocycles. The van der Waals surface area contributed by atoms with E-state index in [0.29, 0.717) is 31.6 Å². The number of rotatable bonds is 8. The van der Waals surface area contributed by atoms with Gasteiger partial charge in [-0.25, -0.2) is 13.1 Å². The molecule has 2 N–H and O–H groups in total. The first-order chi connectivity index (χ1) is 14.2. The highest BCUT2D eigenvalue weighted by atomic mass is 35.5. The largest absolute Gasteiger partial charge is 0.497 e. The molecule has 3 unspecified atom stereocenters. The van der Waals surface area contributed by atoms with Crippen molar-refractivity contribution in [2.75, 3.05) is 27.7 Å². The topological polar surface area (TPSA) is 78.9 Å². The zero-order chi connectivity index (χ0) is 21.8. The van der Waals surface area contributed by atoms with Gasteiger partial charge >= 0.3 is 0 Å². The molecule has 0 aliphatic heterocycles. The lowest BCUT2D eigenvalue weighted by Crippen LogP contribution is -2.50. The van der Waals surface area contributed by atoms with Crippen LogP contribution in [0.4, 0.5) is 0 Å². The number of halogens is 1. The Hall–Kier alpha value is -1.64. The van der Waals surface area contributed by atoms with Crippen LogP contribution in [0, 0.1) is 5.92 Å². The predicted molar refractivity (Wildman–Crippen MR) is 126 cm³/mol. The van der Waals surface area contributed by atoms with Crippen LogP contribution in [0.25, 0.3) is 0 Å². The van der Waals surface area contributed by atoms with Crippen LogP contribution in [0.3, 0.4) is 0 Å². The van der Waals surface area contributed by atoms with Crippen LogP contribution >= 0.6 is 12.4 Å². The molecule has 0 spiro atoms. The smallest absolute Gasteiger partial charge is 0.216 e. The molecule has 1 aliphatic carbocycles. The molecule has 3 rings (SSSR count). The molecular weight excluding hydrogens is 436 g/mol. The second-order valence-electron chi connectivity index (χ2n) is 8.45. The van der Waals surface area contributed by atoms with E-state index in [-0.39, 0.29) is 30.1 Å². The van der Waals surface area contributed by atoms with Crippen molar-refractivity contribution in [3.8, 4) is 5.75 Å². The van der Waals surface area contributed by atoms with Crippen molar-refractivity contribution in [1.29, 1.82) is 0 Å². The van der Waals surface area contributed by atoms with E-state index in [9.17, 15) is 13.5 Å². The predicted octanol–water partition coefficient (Wildman–Crippen LogP) is 3.15. The quantitative estimate of drug-likeness (QED) is 0.622. The number of ether oxygens (including phenoxy) is 1. The molecule has 0 bridgehead atoms. The number of benzene rings is 2. The summed E-state index contributed by atoms with van der Waals surface area (Å²) in [5, 5.41) is 11.7. The second kappa shape index (κ2) is 10.8. The molecule has 6 nitrogen and oxygen atoms in total. The van der Waals surface area contributed by atoms with E-state index < -0.39 is 15.6 Å². The minimum atomic E-state index is -3.46. The maximum atomic E-state index is 12.7. The molecule has 1 fully saturated rings. The first kappa shape index (κ1) is 25.6. The van der Waals surface area contributed by atoms with E-state index in [1.54, 1.807) is 7.11 Å². The van der Waals surface area contributed by atoms with Crippen LogP contribution < -0.4 is 9.46 Å². The highest BCUT2D eigenvalue weighted by Crippen LogP contribution is 2.43. The minimum Gasteiger partial charge on any atom is -0.497 e. The van der Waals surface area contributed by atoms with Crippen LogP contribution in [-0.4, -0.2) is 52.2 Å². The Morgan fingerprint density at radius 2 is 1.87 bits per heavy atom. The Morgan fingerprint density at radius 3 is 2.52 bits per heavy atom. The lowest BCUT2D eigenvalue weighted by molar-refractivity contribution is -0.0675. The summed E-state index contributed by atoms with van der Waals surface area (Å²) in [6.45, 7) is 0.657. The molecule has 1 aliphatic rings. The van der Waals surface area contributed by atoms with Gasteiger partial charge < -0.3 is 14.7 Å². The van der Waals surface area contributed by atoms with Crippen molar-refractivity contribution in [2.45, 2.75) is 36.7 Å². The highest BCUT2D eigenvalue weighted by Gasteiger charge is 2.44. The summed E-state index contributed by atoms with van der Waals surface area (Å²) < 4.78 is 33.6. The van der Waals surface area contributed by atoms with Crippen molar-refractivity contribution < 1.29 is 18.3 Å². The van der Waals surface area contributed by atoms with Crippen molar-refractivity contribution in [3.05, 3.63) is 65.7 Å². The maximum Gasteiger partial charge on any atom is 0.216 e. The summed E-state index contributed by atoms with van der Waals surface area (Å²) in [7, 11) is 2.08. The standard InChI is InChI=1S/C23H32N2O4S.ClH/c1-25(2)16-20-14-21(24-30(27,28)17-18-8-5-4-6-9-18)12-13-23(20,26)19-10-7-11-22(15-19)29-3;/h4-11,15,20-21,24,26H,12-14,16-17H2,1-3H3;1H. The second-order valence-corrected chi connectivity index (χ2v) is 10.2. The Kier molecular flexibility index (Phi) is 8.92. The number of nitrogens with zero attached hydrogens (tertiary/aromatic N) is 1. The highest BCUT2D eigenvalue weighted by molar-refractivity contribution is 7.88. The molecule has 2 aromatic rings. The van der Waals surface area contributed by atoms with Crippen molar-refractivity contribution >= 4 is 22.4 Å². The molecule has 0 heterocycles. The van der Waals surface area contributed by atoms with E-state index in [2.05, 4.69) is 4.72 Å². The summed E-state index contributed by atoms with van der Waals surface area (Å²) in [5.74, 6) is 0.552. The molecular formula is C23H33ClN2O4S.